The maximum absolute atomic E-state index is 12.9. The Hall–Kier alpha value is -4.32. The van der Waals surface area contributed by atoms with E-state index in [1.807, 2.05) is 12.1 Å². The molecule has 1 fully saturated rings. The van der Waals surface area contributed by atoms with E-state index in [9.17, 15) is 14.4 Å². The molecule has 1 aliphatic rings. The lowest BCUT2D eigenvalue weighted by atomic mass is 9.99. The van der Waals surface area contributed by atoms with Crippen molar-refractivity contribution in [3.63, 3.8) is 0 Å². The van der Waals surface area contributed by atoms with Crippen molar-refractivity contribution < 1.29 is 19.5 Å². The molecule has 2 aromatic carbocycles. The highest BCUT2D eigenvalue weighted by Gasteiger charge is 2.23. The number of nitrogen functional groups attached to an aromatic ring is 1. The Bertz CT molecular complexity index is 1140. The van der Waals surface area contributed by atoms with E-state index < -0.39 is 18.4 Å². The summed E-state index contributed by atoms with van der Waals surface area (Å²) in [6.07, 6.45) is 1.79. The van der Waals surface area contributed by atoms with Gasteiger partial charge in [-0.25, -0.2) is 0 Å². The van der Waals surface area contributed by atoms with E-state index in [1.165, 1.54) is 0 Å². The van der Waals surface area contributed by atoms with Crippen LogP contribution < -0.4 is 16.4 Å². The maximum Gasteiger partial charge on any atom is 0.322 e. The number of likely N-dealkylation sites (tertiary alicyclic amines) is 1. The second kappa shape index (κ2) is 11.5. The van der Waals surface area contributed by atoms with Crippen molar-refractivity contribution in [3.8, 4) is 11.8 Å². The van der Waals surface area contributed by atoms with Crippen LogP contribution in [0.3, 0.4) is 0 Å². The predicted molar refractivity (Wildman–Crippen MR) is 129 cm³/mol. The summed E-state index contributed by atoms with van der Waals surface area (Å²) in [6.45, 7) is 1.25. The van der Waals surface area contributed by atoms with Crippen LogP contribution in [0.25, 0.3) is 0 Å². The Morgan fingerprint density at radius 1 is 1.09 bits per heavy atom. The molecular formula is C25H27N5O4. The van der Waals surface area contributed by atoms with Gasteiger partial charge in [-0.15, -0.1) is 0 Å². The number of carboxylic acids is 1. The molecule has 0 atom stereocenters. The molecule has 0 aromatic heterocycles. The van der Waals surface area contributed by atoms with Gasteiger partial charge in [-0.05, 0) is 60.9 Å². The standard InChI is InChI=1S/C25H27N5O4/c26-24(27)18-6-8-20(9-7-18)28-11-3-4-17-5-10-21(25(34)30-12-1-2-13-30)19(14-17)15-22(31)29-16-23(32)33/h5-10,14,28H,1-2,11-13,15-16H2,(H3,26,27)(H,29,31)(H,32,33). The fourth-order valence-electron chi connectivity index (χ4n) is 3.59. The average Bonchev–Trinajstić information content (AvgIpc) is 3.36. The zero-order chi connectivity index (χ0) is 24.5. The largest absolute Gasteiger partial charge is 0.480 e. The van der Waals surface area contributed by atoms with Gasteiger partial charge in [0.15, 0.2) is 0 Å². The van der Waals surface area contributed by atoms with Gasteiger partial charge in [0, 0.05) is 35.5 Å². The number of amides is 2. The highest BCUT2D eigenvalue weighted by molar-refractivity contribution is 5.97. The van der Waals surface area contributed by atoms with E-state index in [-0.39, 0.29) is 18.2 Å². The topological polar surface area (TPSA) is 149 Å². The zero-order valence-corrected chi connectivity index (χ0v) is 18.7. The van der Waals surface area contributed by atoms with Crippen molar-refractivity contribution in [2.75, 3.05) is 31.5 Å². The van der Waals surface area contributed by atoms with Crippen LogP contribution in [-0.2, 0) is 16.0 Å². The molecule has 9 nitrogen and oxygen atoms in total. The summed E-state index contributed by atoms with van der Waals surface area (Å²) in [5, 5.41) is 21.7. The van der Waals surface area contributed by atoms with Gasteiger partial charge >= 0.3 is 5.97 Å². The molecule has 1 aliphatic heterocycles. The molecule has 0 spiro atoms. The minimum absolute atomic E-state index is 0.00504. The van der Waals surface area contributed by atoms with Crippen LogP contribution in [0.5, 0.6) is 0 Å². The lowest BCUT2D eigenvalue weighted by molar-refractivity contribution is -0.137. The third-order valence-corrected chi connectivity index (χ3v) is 5.33. The van der Waals surface area contributed by atoms with Gasteiger partial charge < -0.3 is 26.4 Å². The molecule has 0 aliphatic carbocycles. The number of hydrogen-bond acceptors (Lipinski definition) is 5. The molecule has 0 unspecified atom stereocenters. The van der Waals surface area contributed by atoms with E-state index >= 15 is 0 Å². The average molecular weight is 462 g/mol. The number of nitrogens with zero attached hydrogens (tertiary/aromatic N) is 1. The molecule has 9 heteroatoms. The van der Waals surface area contributed by atoms with E-state index in [1.54, 1.807) is 35.2 Å². The SMILES string of the molecule is N=C(N)c1ccc(NCC#Cc2ccc(C(=O)N3CCCC3)c(CC(=O)NCC(=O)O)c2)cc1. The van der Waals surface area contributed by atoms with Crippen molar-refractivity contribution >= 4 is 29.3 Å². The van der Waals surface area contributed by atoms with Gasteiger partial charge in [0.25, 0.3) is 5.91 Å². The van der Waals surface area contributed by atoms with Crippen molar-refractivity contribution in [2.45, 2.75) is 19.3 Å². The summed E-state index contributed by atoms with van der Waals surface area (Å²) in [5.74, 6) is 4.30. The Labute approximate surface area is 197 Å². The molecule has 1 heterocycles. The molecule has 0 saturated carbocycles. The van der Waals surface area contributed by atoms with Crippen LogP contribution in [0.15, 0.2) is 42.5 Å². The number of nitrogens with one attached hydrogen (secondary N) is 3. The minimum atomic E-state index is -1.13. The van der Waals surface area contributed by atoms with Crippen molar-refractivity contribution in [2.24, 2.45) is 5.73 Å². The summed E-state index contributed by atoms with van der Waals surface area (Å²) >= 11 is 0. The van der Waals surface area contributed by atoms with Gasteiger partial charge in [0.2, 0.25) is 5.91 Å². The van der Waals surface area contributed by atoms with Gasteiger partial charge in [-0.1, -0.05) is 11.8 Å². The summed E-state index contributed by atoms with van der Waals surface area (Å²) in [7, 11) is 0. The second-order valence-electron chi connectivity index (χ2n) is 7.86. The normalized spacial score (nSPS) is 12.4. The predicted octanol–water partition coefficient (Wildman–Crippen LogP) is 1.41. The van der Waals surface area contributed by atoms with Crippen LogP contribution in [0.2, 0.25) is 0 Å². The third kappa shape index (κ3) is 6.84. The number of nitrogens with two attached hydrogens (primary N) is 1. The molecule has 2 aromatic rings. The number of carbonyl (C=O) groups excluding carboxylic acids is 2. The number of aliphatic carboxylic acids is 1. The van der Waals surface area contributed by atoms with Crippen molar-refractivity contribution in [1.82, 2.24) is 10.2 Å². The number of hydrogen-bond donors (Lipinski definition) is 5. The lowest BCUT2D eigenvalue weighted by Gasteiger charge is -2.18. The van der Waals surface area contributed by atoms with Crippen LogP contribution in [0.1, 0.15) is 39.9 Å². The smallest absolute Gasteiger partial charge is 0.322 e. The first kappa shape index (κ1) is 24.3. The van der Waals surface area contributed by atoms with Gasteiger partial charge in [-0.3, -0.25) is 19.8 Å². The summed E-state index contributed by atoms with van der Waals surface area (Å²) < 4.78 is 0. The molecule has 34 heavy (non-hydrogen) atoms. The molecule has 176 valence electrons. The van der Waals surface area contributed by atoms with Gasteiger partial charge in [-0.2, -0.15) is 0 Å². The minimum Gasteiger partial charge on any atom is -0.480 e. The first-order valence-electron chi connectivity index (χ1n) is 10.9. The van der Waals surface area contributed by atoms with Crippen LogP contribution in [0.4, 0.5) is 5.69 Å². The lowest BCUT2D eigenvalue weighted by Crippen LogP contribution is -2.32. The number of carboxylic acid groups (broad SMARTS) is 1. The monoisotopic (exact) mass is 461 g/mol. The summed E-state index contributed by atoms with van der Waals surface area (Å²) in [4.78, 5) is 37.7. The van der Waals surface area contributed by atoms with E-state index in [2.05, 4.69) is 22.5 Å². The number of carbonyl (C=O) groups is 3. The summed E-state index contributed by atoms with van der Waals surface area (Å²) in [5.41, 5.74) is 8.52. The molecule has 0 radical (unpaired) electrons. The Kier molecular flexibility index (Phi) is 8.24. The number of rotatable bonds is 8. The maximum atomic E-state index is 12.9. The summed E-state index contributed by atoms with van der Waals surface area (Å²) in [6, 6.07) is 12.2. The van der Waals surface area contributed by atoms with E-state index in [0.717, 1.165) is 18.5 Å². The molecular weight excluding hydrogens is 434 g/mol. The molecule has 3 rings (SSSR count). The fourth-order valence-corrected chi connectivity index (χ4v) is 3.59. The molecule has 1 saturated heterocycles. The Morgan fingerprint density at radius 2 is 1.79 bits per heavy atom. The molecule has 6 N–H and O–H groups in total. The van der Waals surface area contributed by atoms with Crippen LogP contribution in [0, 0.1) is 17.3 Å². The third-order valence-electron chi connectivity index (χ3n) is 5.33. The van der Waals surface area contributed by atoms with Crippen molar-refractivity contribution in [3.05, 3.63) is 64.7 Å². The Morgan fingerprint density at radius 3 is 2.44 bits per heavy atom. The Balaban J connectivity index is 1.72. The number of benzene rings is 2. The fraction of sp³-hybridized carbons (Fsp3) is 0.280. The first-order chi connectivity index (χ1) is 16.3. The van der Waals surface area contributed by atoms with Gasteiger partial charge in [0.05, 0.1) is 13.0 Å². The molecule has 0 bridgehead atoms. The quantitative estimate of drug-likeness (QED) is 0.228. The van der Waals surface area contributed by atoms with E-state index in [0.29, 0.717) is 41.9 Å². The first-order valence-corrected chi connectivity index (χ1v) is 10.9. The van der Waals surface area contributed by atoms with E-state index in [4.69, 9.17) is 16.2 Å². The van der Waals surface area contributed by atoms with Gasteiger partial charge in [0.1, 0.15) is 12.4 Å². The number of amidine groups is 1. The van der Waals surface area contributed by atoms with Crippen LogP contribution >= 0.6 is 0 Å². The molecule has 2 amide bonds. The number of anilines is 1. The van der Waals surface area contributed by atoms with Crippen LogP contribution in [-0.4, -0.2) is 59.8 Å². The highest BCUT2D eigenvalue weighted by atomic mass is 16.4. The van der Waals surface area contributed by atoms with Crippen molar-refractivity contribution in [1.29, 1.82) is 5.41 Å². The zero-order valence-electron chi connectivity index (χ0n) is 18.7. The second-order valence-corrected chi connectivity index (χ2v) is 7.86. The highest BCUT2D eigenvalue weighted by Crippen LogP contribution is 2.18.